The molecule has 0 saturated carbocycles. The first-order valence-electron chi connectivity index (χ1n) is 5.33. The fraction of sp³-hybridized carbons (Fsp3) is 0.364. The summed E-state index contributed by atoms with van der Waals surface area (Å²) in [5.74, 6) is -0.216. The van der Waals surface area contributed by atoms with Gasteiger partial charge in [-0.25, -0.2) is 4.79 Å². The zero-order valence-corrected chi connectivity index (χ0v) is 15.4. The highest BCUT2D eigenvalue weighted by Gasteiger charge is 2.28. The lowest BCUT2D eigenvalue weighted by atomic mass is 10.6. The minimum Gasteiger partial charge on any atom is -0.462 e. The van der Waals surface area contributed by atoms with Crippen molar-refractivity contribution in [2.24, 2.45) is 0 Å². The van der Waals surface area contributed by atoms with E-state index in [0.29, 0.717) is 11.5 Å². The fourth-order valence-corrected chi connectivity index (χ4v) is 8.71. The Morgan fingerprint density at radius 1 is 1.16 bits per heavy atom. The van der Waals surface area contributed by atoms with Crippen LogP contribution in [0.2, 0.25) is 0 Å². The maximum absolute atomic E-state index is 11.7. The predicted molar refractivity (Wildman–Crippen MR) is 96.2 cm³/mol. The molecule has 0 spiro atoms. The molecule has 0 atom stereocenters. The average Bonchev–Trinajstić information content (AvgIpc) is 3.05. The number of carbonyl (C=O) groups is 1. The lowest BCUT2D eigenvalue weighted by Gasteiger charge is -2.03. The van der Waals surface area contributed by atoms with Crippen LogP contribution in [0.1, 0.15) is 6.92 Å². The van der Waals surface area contributed by atoms with Gasteiger partial charge in [-0.1, -0.05) is 47.0 Å². The fourth-order valence-electron chi connectivity index (χ4n) is 1.24. The van der Waals surface area contributed by atoms with Gasteiger partial charge < -0.3 is 4.74 Å². The Morgan fingerprint density at radius 3 is 2.32 bits per heavy atom. The van der Waals surface area contributed by atoms with Crippen molar-refractivity contribution in [3.05, 3.63) is 27.3 Å². The van der Waals surface area contributed by atoms with Crippen molar-refractivity contribution in [2.45, 2.75) is 6.92 Å². The topological polar surface area (TPSA) is 26.3 Å². The standard InChI is InChI=1S/C11H12O2S6/c1-4-13-7(12)6-5-16-10(17-6)11-18-8(14-2)9(15-3)19-11/h5H,4H2,1-3H3. The van der Waals surface area contributed by atoms with Crippen molar-refractivity contribution in [1.29, 1.82) is 0 Å². The van der Waals surface area contributed by atoms with Crippen molar-refractivity contribution in [2.75, 3.05) is 19.1 Å². The Labute approximate surface area is 138 Å². The normalized spacial score (nSPS) is 19.2. The molecule has 2 heterocycles. The van der Waals surface area contributed by atoms with E-state index in [-0.39, 0.29) is 5.97 Å². The molecule has 2 rings (SSSR count). The molecule has 104 valence electrons. The summed E-state index contributed by atoms with van der Waals surface area (Å²) in [5, 5.41) is 1.89. The highest BCUT2D eigenvalue weighted by atomic mass is 32.3. The second kappa shape index (κ2) is 7.70. The average molecular weight is 369 g/mol. The van der Waals surface area contributed by atoms with Crippen LogP contribution in [-0.2, 0) is 9.53 Å². The smallest absolute Gasteiger partial charge is 0.345 e. The first-order valence-corrected chi connectivity index (χ1v) is 11.1. The van der Waals surface area contributed by atoms with Gasteiger partial charge in [-0.3, -0.25) is 0 Å². The maximum atomic E-state index is 11.7. The molecular formula is C11H12O2S6. The van der Waals surface area contributed by atoms with Crippen LogP contribution in [0.3, 0.4) is 0 Å². The SMILES string of the molecule is CCOC(=O)C1=CSC(=C2SC(SC)=C(SC)S2)S1. The summed E-state index contributed by atoms with van der Waals surface area (Å²) in [6.45, 7) is 2.25. The van der Waals surface area contributed by atoms with Crippen LogP contribution in [-0.4, -0.2) is 25.1 Å². The number of carbonyl (C=O) groups excluding carboxylic acids is 1. The van der Waals surface area contributed by atoms with E-state index < -0.39 is 0 Å². The summed E-state index contributed by atoms with van der Waals surface area (Å²) in [7, 11) is 0. The molecule has 0 N–H and O–H groups in total. The van der Waals surface area contributed by atoms with Crippen LogP contribution in [0.25, 0.3) is 0 Å². The van der Waals surface area contributed by atoms with Crippen LogP contribution in [0.5, 0.6) is 0 Å². The van der Waals surface area contributed by atoms with Crippen molar-refractivity contribution >= 4 is 76.5 Å². The van der Waals surface area contributed by atoms with Gasteiger partial charge in [0.2, 0.25) is 0 Å². The molecule has 19 heavy (non-hydrogen) atoms. The molecule has 0 aromatic heterocycles. The minimum atomic E-state index is -0.216. The third-order valence-electron chi connectivity index (χ3n) is 2.03. The molecule has 2 aliphatic rings. The monoisotopic (exact) mass is 368 g/mol. The van der Waals surface area contributed by atoms with E-state index in [4.69, 9.17) is 4.74 Å². The van der Waals surface area contributed by atoms with Gasteiger partial charge in [0.05, 0.1) is 23.6 Å². The van der Waals surface area contributed by atoms with E-state index in [9.17, 15) is 4.79 Å². The molecule has 0 fully saturated rings. The molecule has 0 amide bonds. The number of ether oxygens (including phenoxy) is 1. The first kappa shape index (κ1) is 16.2. The highest BCUT2D eigenvalue weighted by molar-refractivity contribution is 8.42. The Kier molecular flexibility index (Phi) is 6.55. The van der Waals surface area contributed by atoms with Gasteiger partial charge in [-0.2, -0.15) is 0 Å². The second-order valence-corrected chi connectivity index (χ2v) is 9.82. The molecule has 2 nitrogen and oxygen atoms in total. The number of hydrogen-bond acceptors (Lipinski definition) is 8. The van der Waals surface area contributed by atoms with E-state index >= 15 is 0 Å². The summed E-state index contributed by atoms with van der Waals surface area (Å²) in [6.07, 6.45) is 4.20. The summed E-state index contributed by atoms with van der Waals surface area (Å²) in [4.78, 5) is 12.4. The molecule has 0 aromatic carbocycles. The van der Waals surface area contributed by atoms with Gasteiger partial charge >= 0.3 is 5.97 Å². The Bertz CT molecular complexity index is 462. The molecular weight excluding hydrogens is 357 g/mol. The van der Waals surface area contributed by atoms with Gasteiger partial charge in [-0.15, -0.1) is 23.5 Å². The maximum Gasteiger partial charge on any atom is 0.345 e. The molecule has 0 bridgehead atoms. The second-order valence-electron chi connectivity index (χ2n) is 3.18. The first-order chi connectivity index (χ1) is 9.19. The van der Waals surface area contributed by atoms with Crippen molar-refractivity contribution < 1.29 is 9.53 Å². The van der Waals surface area contributed by atoms with E-state index in [1.807, 2.05) is 12.3 Å². The van der Waals surface area contributed by atoms with Gasteiger partial charge in [0.25, 0.3) is 0 Å². The van der Waals surface area contributed by atoms with Crippen molar-refractivity contribution in [3.8, 4) is 0 Å². The van der Waals surface area contributed by atoms with Crippen molar-refractivity contribution in [3.63, 3.8) is 0 Å². The van der Waals surface area contributed by atoms with Gasteiger partial charge in [0, 0.05) is 0 Å². The highest BCUT2D eigenvalue weighted by Crippen LogP contribution is 2.61. The molecule has 0 unspecified atom stereocenters. The van der Waals surface area contributed by atoms with E-state index in [1.54, 1.807) is 58.8 Å². The van der Waals surface area contributed by atoms with Gasteiger partial charge in [0.15, 0.2) is 0 Å². The van der Waals surface area contributed by atoms with Crippen LogP contribution in [0, 0.1) is 0 Å². The van der Waals surface area contributed by atoms with Crippen LogP contribution < -0.4 is 0 Å². The number of hydrogen-bond donors (Lipinski definition) is 0. The summed E-state index contributed by atoms with van der Waals surface area (Å²) < 4.78 is 10.2. The van der Waals surface area contributed by atoms with E-state index in [0.717, 1.165) is 0 Å². The zero-order valence-electron chi connectivity index (χ0n) is 10.6. The predicted octanol–water partition coefficient (Wildman–Crippen LogP) is 5.33. The Hall–Kier alpha value is 0.790. The molecule has 0 aromatic rings. The minimum absolute atomic E-state index is 0.216. The number of rotatable bonds is 4. The number of thioether (sulfide) groups is 6. The Balaban J connectivity index is 2.04. The Morgan fingerprint density at radius 2 is 1.79 bits per heavy atom. The molecule has 8 heteroatoms. The molecule has 0 radical (unpaired) electrons. The third kappa shape index (κ3) is 3.91. The van der Waals surface area contributed by atoms with Gasteiger partial charge in [-0.05, 0) is 24.8 Å². The van der Waals surface area contributed by atoms with Crippen LogP contribution >= 0.6 is 70.6 Å². The summed E-state index contributed by atoms with van der Waals surface area (Å²) >= 11 is 10.3. The van der Waals surface area contributed by atoms with E-state index in [2.05, 4.69) is 12.5 Å². The summed E-state index contributed by atoms with van der Waals surface area (Å²) in [6, 6.07) is 0. The van der Waals surface area contributed by atoms with Crippen molar-refractivity contribution in [1.82, 2.24) is 0 Å². The van der Waals surface area contributed by atoms with Gasteiger partial charge in [0.1, 0.15) is 4.91 Å². The van der Waals surface area contributed by atoms with E-state index in [1.165, 1.54) is 28.7 Å². The third-order valence-corrected chi connectivity index (χ3v) is 10.1. The lowest BCUT2D eigenvalue weighted by Crippen LogP contribution is -2.03. The summed E-state index contributed by atoms with van der Waals surface area (Å²) in [5.41, 5.74) is 0. The molecule has 0 saturated heterocycles. The lowest BCUT2D eigenvalue weighted by molar-refractivity contribution is -0.137. The van der Waals surface area contributed by atoms with Crippen LogP contribution in [0.15, 0.2) is 27.3 Å². The largest absolute Gasteiger partial charge is 0.462 e. The molecule has 0 aliphatic carbocycles. The van der Waals surface area contributed by atoms with Crippen LogP contribution in [0.4, 0.5) is 0 Å². The number of esters is 1. The quantitative estimate of drug-likeness (QED) is 0.614. The molecule has 2 aliphatic heterocycles. The zero-order chi connectivity index (χ0) is 13.8.